The Hall–Kier alpha value is -2.79. The highest BCUT2D eigenvalue weighted by molar-refractivity contribution is 6.30. The Morgan fingerprint density at radius 1 is 1.19 bits per heavy atom. The first-order valence-electron chi connectivity index (χ1n) is 8.26. The predicted molar refractivity (Wildman–Crippen MR) is 100.0 cm³/mol. The molecule has 1 amide bonds. The Bertz CT molecular complexity index is 1070. The number of benzene rings is 2. The summed E-state index contributed by atoms with van der Waals surface area (Å²) >= 11 is 6.02. The van der Waals surface area contributed by atoms with Gasteiger partial charge in [0.2, 0.25) is 5.91 Å². The third kappa shape index (κ3) is 3.18. The number of amides is 1. The van der Waals surface area contributed by atoms with Crippen molar-refractivity contribution in [1.82, 2.24) is 0 Å². The molecule has 2 aromatic carbocycles. The Morgan fingerprint density at radius 3 is 2.88 bits per heavy atom. The summed E-state index contributed by atoms with van der Waals surface area (Å²) in [6.07, 6.45) is 0.559. The largest absolute Gasteiger partial charge is 0.492 e. The fraction of sp³-hybridized carbons (Fsp3) is 0.200. The van der Waals surface area contributed by atoms with Crippen molar-refractivity contribution in [1.29, 1.82) is 0 Å². The van der Waals surface area contributed by atoms with Crippen LogP contribution in [-0.2, 0) is 11.2 Å². The topological polar surface area (TPSA) is 68.5 Å². The molecule has 0 saturated carbocycles. The number of rotatable bonds is 2. The number of hydrogen-bond donors (Lipinski definition) is 1. The summed E-state index contributed by atoms with van der Waals surface area (Å²) in [5.74, 6) is 0.299. The van der Waals surface area contributed by atoms with Gasteiger partial charge in [0, 0.05) is 28.2 Å². The number of hydrogen-bond acceptors (Lipinski definition) is 4. The number of ether oxygens (including phenoxy) is 1. The lowest BCUT2D eigenvalue weighted by molar-refractivity contribution is -0.121. The summed E-state index contributed by atoms with van der Waals surface area (Å²) < 4.78 is 10.9. The standard InChI is InChI=1S/C20H16ClNO4/c1-11-6-19(23)26-18-9-15(3-4-16(11)18)22-20(24)13-7-12-8-14(21)2-5-17(12)25-10-13/h2-6,8-9,13H,7,10H2,1H3,(H,22,24)/t13-/m0/s1. The minimum Gasteiger partial charge on any atom is -0.492 e. The summed E-state index contributed by atoms with van der Waals surface area (Å²) in [5, 5.41) is 4.33. The van der Waals surface area contributed by atoms with E-state index >= 15 is 0 Å². The normalized spacial score (nSPS) is 16.0. The number of fused-ring (bicyclic) bond motifs is 2. The molecular weight excluding hydrogens is 354 g/mol. The molecule has 0 spiro atoms. The lowest BCUT2D eigenvalue weighted by atomic mass is 9.96. The SMILES string of the molecule is Cc1cc(=O)oc2cc(NC(=O)[C@@H]3COc4ccc(Cl)cc4C3)ccc12. The summed E-state index contributed by atoms with van der Waals surface area (Å²) in [6.45, 7) is 2.15. The molecule has 5 nitrogen and oxygen atoms in total. The van der Waals surface area contributed by atoms with Crippen molar-refractivity contribution >= 4 is 34.2 Å². The van der Waals surface area contributed by atoms with Gasteiger partial charge in [-0.2, -0.15) is 0 Å². The molecule has 26 heavy (non-hydrogen) atoms. The van der Waals surface area contributed by atoms with Crippen molar-refractivity contribution in [2.24, 2.45) is 5.92 Å². The summed E-state index contributed by atoms with van der Waals surface area (Å²) in [6, 6.07) is 12.1. The summed E-state index contributed by atoms with van der Waals surface area (Å²) in [7, 11) is 0. The zero-order valence-electron chi connectivity index (χ0n) is 14.0. The van der Waals surface area contributed by atoms with Crippen LogP contribution in [0, 0.1) is 12.8 Å². The average Bonchev–Trinajstić information content (AvgIpc) is 2.60. The molecule has 1 aliphatic heterocycles. The van der Waals surface area contributed by atoms with Gasteiger partial charge in [0.15, 0.2) is 0 Å². The van der Waals surface area contributed by atoms with Crippen molar-refractivity contribution < 1.29 is 13.9 Å². The van der Waals surface area contributed by atoms with Crippen LogP contribution in [0.1, 0.15) is 11.1 Å². The van der Waals surface area contributed by atoms with Crippen molar-refractivity contribution in [2.45, 2.75) is 13.3 Å². The lowest BCUT2D eigenvalue weighted by Gasteiger charge is -2.24. The number of carbonyl (C=O) groups is 1. The smallest absolute Gasteiger partial charge is 0.336 e. The zero-order valence-corrected chi connectivity index (χ0v) is 14.8. The van der Waals surface area contributed by atoms with Crippen LogP contribution in [0.5, 0.6) is 5.75 Å². The second-order valence-electron chi connectivity index (χ2n) is 6.41. The van der Waals surface area contributed by atoms with E-state index in [9.17, 15) is 9.59 Å². The van der Waals surface area contributed by atoms with Gasteiger partial charge in [-0.3, -0.25) is 4.79 Å². The first-order valence-corrected chi connectivity index (χ1v) is 8.64. The molecule has 1 N–H and O–H groups in total. The molecule has 1 atom stereocenters. The van der Waals surface area contributed by atoms with Crippen LogP contribution in [0.25, 0.3) is 11.0 Å². The average molecular weight is 370 g/mol. The third-order valence-corrected chi connectivity index (χ3v) is 4.75. The first-order chi connectivity index (χ1) is 12.5. The maximum absolute atomic E-state index is 12.6. The number of nitrogens with one attached hydrogen (secondary N) is 1. The van der Waals surface area contributed by atoms with Crippen LogP contribution >= 0.6 is 11.6 Å². The molecule has 2 heterocycles. The van der Waals surface area contributed by atoms with Gasteiger partial charge in [-0.1, -0.05) is 11.6 Å². The molecule has 6 heteroatoms. The highest BCUT2D eigenvalue weighted by Gasteiger charge is 2.26. The predicted octanol–water partition coefficient (Wildman–Crippen LogP) is 3.94. The van der Waals surface area contributed by atoms with Gasteiger partial charge in [0.25, 0.3) is 0 Å². The molecule has 0 unspecified atom stereocenters. The lowest BCUT2D eigenvalue weighted by Crippen LogP contribution is -2.32. The maximum Gasteiger partial charge on any atom is 0.336 e. The van der Waals surface area contributed by atoms with E-state index in [4.69, 9.17) is 20.8 Å². The van der Waals surface area contributed by atoms with Gasteiger partial charge in [0.05, 0.1) is 5.92 Å². The Kier molecular flexibility index (Phi) is 4.17. The van der Waals surface area contributed by atoms with Crippen molar-refractivity contribution in [2.75, 3.05) is 11.9 Å². The highest BCUT2D eigenvalue weighted by atomic mass is 35.5. The molecule has 0 bridgehead atoms. The second kappa shape index (κ2) is 6.50. The highest BCUT2D eigenvalue weighted by Crippen LogP contribution is 2.30. The van der Waals surface area contributed by atoms with Crippen molar-refractivity contribution in [3.8, 4) is 5.75 Å². The van der Waals surface area contributed by atoms with Crippen LogP contribution in [0.15, 0.2) is 51.7 Å². The Morgan fingerprint density at radius 2 is 2.04 bits per heavy atom. The minimum absolute atomic E-state index is 0.148. The molecule has 1 aliphatic rings. The van der Waals surface area contributed by atoms with Gasteiger partial charge in [-0.25, -0.2) is 4.79 Å². The Balaban J connectivity index is 1.55. The van der Waals surface area contributed by atoms with Crippen molar-refractivity contribution in [3.63, 3.8) is 0 Å². The van der Waals surface area contributed by atoms with E-state index in [2.05, 4.69) is 5.32 Å². The van der Waals surface area contributed by atoms with E-state index in [1.807, 2.05) is 25.1 Å². The number of halogens is 1. The first kappa shape index (κ1) is 16.7. The van der Waals surface area contributed by atoms with Crippen LogP contribution < -0.4 is 15.7 Å². The molecule has 1 aromatic heterocycles. The van der Waals surface area contributed by atoms with Gasteiger partial charge in [0.1, 0.15) is 17.9 Å². The third-order valence-electron chi connectivity index (χ3n) is 4.52. The molecule has 0 fully saturated rings. The van der Waals surface area contributed by atoms with E-state index in [0.717, 1.165) is 22.3 Å². The number of carbonyl (C=O) groups excluding carboxylic acids is 1. The fourth-order valence-corrected chi connectivity index (χ4v) is 3.37. The van der Waals surface area contributed by atoms with Gasteiger partial charge < -0.3 is 14.5 Å². The van der Waals surface area contributed by atoms with Gasteiger partial charge >= 0.3 is 5.63 Å². The van der Waals surface area contributed by atoms with E-state index < -0.39 is 5.63 Å². The van der Waals surface area contributed by atoms with E-state index in [-0.39, 0.29) is 11.8 Å². The quantitative estimate of drug-likeness (QED) is 0.694. The molecule has 0 saturated heterocycles. The van der Waals surface area contributed by atoms with Crippen molar-refractivity contribution in [3.05, 3.63) is 69.0 Å². The fourth-order valence-electron chi connectivity index (χ4n) is 3.18. The molecule has 4 rings (SSSR count). The number of aryl methyl sites for hydroxylation is 1. The van der Waals surface area contributed by atoms with Crippen LogP contribution in [0.4, 0.5) is 5.69 Å². The molecule has 0 radical (unpaired) electrons. The monoisotopic (exact) mass is 369 g/mol. The number of anilines is 1. The van der Waals surface area contributed by atoms with Gasteiger partial charge in [-0.05, 0) is 54.8 Å². The molecule has 3 aromatic rings. The Labute approximate surface area is 154 Å². The summed E-state index contributed by atoms with van der Waals surface area (Å²) in [4.78, 5) is 24.2. The van der Waals surface area contributed by atoms with Gasteiger partial charge in [-0.15, -0.1) is 0 Å². The zero-order chi connectivity index (χ0) is 18.3. The molecule has 132 valence electrons. The maximum atomic E-state index is 12.6. The molecule has 0 aliphatic carbocycles. The van der Waals surface area contributed by atoms with E-state index in [1.54, 1.807) is 18.2 Å². The van der Waals surface area contributed by atoms with Crippen LogP contribution in [-0.4, -0.2) is 12.5 Å². The van der Waals surface area contributed by atoms with E-state index in [0.29, 0.717) is 29.3 Å². The van der Waals surface area contributed by atoms with E-state index in [1.165, 1.54) is 6.07 Å². The molecular formula is C20H16ClNO4. The van der Waals surface area contributed by atoms with Crippen LogP contribution in [0.3, 0.4) is 0 Å². The second-order valence-corrected chi connectivity index (χ2v) is 6.85. The summed E-state index contributed by atoms with van der Waals surface area (Å²) in [5.41, 5.74) is 2.37. The minimum atomic E-state index is -0.410. The van der Waals surface area contributed by atoms with Crippen LogP contribution in [0.2, 0.25) is 5.02 Å².